The summed E-state index contributed by atoms with van der Waals surface area (Å²) < 4.78 is 22.4. The van der Waals surface area contributed by atoms with Crippen LogP contribution in [0.1, 0.15) is 37.3 Å². The third-order valence-electron chi connectivity index (χ3n) is 3.14. The third kappa shape index (κ3) is 3.44. The van der Waals surface area contributed by atoms with Gasteiger partial charge in [0.05, 0.1) is 10.9 Å². The molecule has 4 N–H and O–H groups in total. The molecule has 0 amide bonds. The minimum atomic E-state index is -3.64. The molecule has 0 fully saturated rings. The Morgan fingerprint density at radius 3 is 2.35 bits per heavy atom. The van der Waals surface area contributed by atoms with Gasteiger partial charge >= 0.3 is 0 Å². The van der Waals surface area contributed by atoms with Gasteiger partial charge in [-0.1, -0.05) is 12.1 Å². The molecular formula is C13H18N4O2S. The van der Waals surface area contributed by atoms with E-state index in [1.807, 2.05) is 13.8 Å². The fraction of sp³-hybridized carbons (Fsp3) is 0.308. The van der Waals surface area contributed by atoms with Crippen molar-refractivity contribution in [2.75, 3.05) is 0 Å². The second kappa shape index (κ2) is 5.74. The van der Waals surface area contributed by atoms with Crippen molar-refractivity contribution in [3.8, 4) is 0 Å². The SMILES string of the molecule is CC(NC(C)c1ncc[nH]1)c1ccc(S(N)(=O)=O)cc1. The Labute approximate surface area is 118 Å². The van der Waals surface area contributed by atoms with Crippen LogP contribution in [-0.2, 0) is 10.0 Å². The first-order valence-corrected chi connectivity index (χ1v) is 7.80. The van der Waals surface area contributed by atoms with Gasteiger partial charge < -0.3 is 10.3 Å². The molecule has 0 saturated heterocycles. The van der Waals surface area contributed by atoms with Gasteiger partial charge in [0.1, 0.15) is 5.82 Å². The van der Waals surface area contributed by atoms with E-state index in [4.69, 9.17) is 5.14 Å². The number of sulfonamides is 1. The lowest BCUT2D eigenvalue weighted by Crippen LogP contribution is -2.23. The number of nitrogens with zero attached hydrogens (tertiary/aromatic N) is 1. The normalized spacial score (nSPS) is 14.9. The molecule has 108 valence electrons. The molecule has 0 radical (unpaired) electrons. The van der Waals surface area contributed by atoms with Crippen LogP contribution >= 0.6 is 0 Å². The van der Waals surface area contributed by atoms with Crippen molar-refractivity contribution in [2.24, 2.45) is 5.14 Å². The number of H-pyrrole nitrogens is 1. The Hall–Kier alpha value is -1.70. The lowest BCUT2D eigenvalue weighted by molar-refractivity contribution is 0.479. The Balaban J connectivity index is 2.08. The standard InChI is InChI=1S/C13H18N4O2S/c1-9(17-10(2)13-15-7-8-16-13)11-3-5-12(6-4-11)20(14,18)19/h3-10,17H,1-2H3,(H,15,16)(H2,14,18,19). The van der Waals surface area contributed by atoms with Crippen LogP contribution in [0.25, 0.3) is 0 Å². The van der Waals surface area contributed by atoms with Crippen molar-refractivity contribution in [3.05, 3.63) is 48.0 Å². The van der Waals surface area contributed by atoms with Crippen LogP contribution in [0, 0.1) is 0 Å². The maximum absolute atomic E-state index is 11.2. The van der Waals surface area contributed by atoms with Crippen molar-refractivity contribution in [2.45, 2.75) is 30.8 Å². The number of hydrogen-bond donors (Lipinski definition) is 3. The molecule has 1 aromatic heterocycles. The second-order valence-corrected chi connectivity index (χ2v) is 6.26. The zero-order valence-electron chi connectivity index (χ0n) is 11.4. The van der Waals surface area contributed by atoms with E-state index in [1.54, 1.807) is 24.5 Å². The molecular weight excluding hydrogens is 276 g/mol. The minimum Gasteiger partial charge on any atom is -0.347 e. The summed E-state index contributed by atoms with van der Waals surface area (Å²) in [4.78, 5) is 7.37. The van der Waals surface area contributed by atoms with E-state index in [9.17, 15) is 8.42 Å². The highest BCUT2D eigenvalue weighted by Gasteiger charge is 2.14. The number of benzene rings is 1. The lowest BCUT2D eigenvalue weighted by Gasteiger charge is -2.19. The maximum atomic E-state index is 11.2. The Morgan fingerprint density at radius 1 is 1.20 bits per heavy atom. The minimum absolute atomic E-state index is 0.0598. The van der Waals surface area contributed by atoms with E-state index < -0.39 is 10.0 Å². The highest BCUT2D eigenvalue weighted by molar-refractivity contribution is 7.89. The largest absolute Gasteiger partial charge is 0.347 e. The summed E-state index contributed by atoms with van der Waals surface area (Å²) in [6.07, 6.45) is 3.48. The van der Waals surface area contributed by atoms with Crippen LogP contribution < -0.4 is 10.5 Å². The van der Waals surface area contributed by atoms with Gasteiger partial charge in [0.15, 0.2) is 0 Å². The number of nitrogens with two attached hydrogens (primary N) is 1. The molecule has 7 heteroatoms. The van der Waals surface area contributed by atoms with Gasteiger partial charge in [-0.05, 0) is 31.5 Å². The first kappa shape index (κ1) is 14.7. The number of rotatable bonds is 5. The molecule has 0 aliphatic rings. The number of primary sulfonamides is 1. The summed E-state index contributed by atoms with van der Waals surface area (Å²) in [7, 11) is -3.64. The van der Waals surface area contributed by atoms with Gasteiger partial charge in [0.25, 0.3) is 0 Å². The molecule has 0 saturated carbocycles. The van der Waals surface area contributed by atoms with E-state index in [2.05, 4.69) is 15.3 Å². The predicted molar refractivity (Wildman–Crippen MR) is 76.4 cm³/mol. The van der Waals surface area contributed by atoms with Gasteiger partial charge in [0.2, 0.25) is 10.0 Å². The summed E-state index contributed by atoms with van der Waals surface area (Å²) in [6.45, 7) is 4.01. The van der Waals surface area contributed by atoms with E-state index in [1.165, 1.54) is 12.1 Å². The Bertz CT molecular complexity index is 650. The smallest absolute Gasteiger partial charge is 0.238 e. The quantitative estimate of drug-likeness (QED) is 0.777. The fourth-order valence-corrected chi connectivity index (χ4v) is 2.53. The number of nitrogens with one attached hydrogen (secondary N) is 2. The summed E-state index contributed by atoms with van der Waals surface area (Å²) in [6, 6.07) is 6.67. The molecule has 2 unspecified atom stereocenters. The number of aromatic amines is 1. The van der Waals surface area contributed by atoms with E-state index in [0.717, 1.165) is 11.4 Å². The number of imidazole rings is 1. The zero-order chi connectivity index (χ0) is 14.8. The van der Waals surface area contributed by atoms with Crippen LogP contribution in [0.5, 0.6) is 0 Å². The molecule has 0 bridgehead atoms. The first-order valence-electron chi connectivity index (χ1n) is 6.26. The first-order chi connectivity index (χ1) is 9.38. The van der Waals surface area contributed by atoms with Crippen molar-refractivity contribution in [1.29, 1.82) is 0 Å². The van der Waals surface area contributed by atoms with Crippen molar-refractivity contribution >= 4 is 10.0 Å². The van der Waals surface area contributed by atoms with Gasteiger partial charge in [0, 0.05) is 18.4 Å². The summed E-state index contributed by atoms with van der Waals surface area (Å²) in [5.41, 5.74) is 0.982. The third-order valence-corrected chi connectivity index (χ3v) is 4.07. The number of hydrogen-bond acceptors (Lipinski definition) is 4. The molecule has 20 heavy (non-hydrogen) atoms. The second-order valence-electron chi connectivity index (χ2n) is 4.70. The zero-order valence-corrected chi connectivity index (χ0v) is 12.2. The molecule has 2 rings (SSSR count). The highest BCUT2D eigenvalue weighted by Crippen LogP contribution is 2.18. The Morgan fingerprint density at radius 2 is 1.85 bits per heavy atom. The van der Waals surface area contributed by atoms with Crippen molar-refractivity contribution in [3.63, 3.8) is 0 Å². The molecule has 6 nitrogen and oxygen atoms in total. The van der Waals surface area contributed by atoms with E-state index >= 15 is 0 Å². The molecule has 0 aliphatic heterocycles. The monoisotopic (exact) mass is 294 g/mol. The summed E-state index contributed by atoms with van der Waals surface area (Å²) in [5.74, 6) is 0.859. The van der Waals surface area contributed by atoms with E-state index in [-0.39, 0.29) is 17.0 Å². The molecule has 0 spiro atoms. The molecule has 1 heterocycles. The van der Waals surface area contributed by atoms with Crippen LogP contribution in [0.3, 0.4) is 0 Å². The summed E-state index contributed by atoms with van der Waals surface area (Å²) >= 11 is 0. The summed E-state index contributed by atoms with van der Waals surface area (Å²) in [5, 5.41) is 8.45. The van der Waals surface area contributed by atoms with E-state index in [0.29, 0.717) is 0 Å². The average Bonchev–Trinajstić information content (AvgIpc) is 2.91. The van der Waals surface area contributed by atoms with Crippen LogP contribution in [0.15, 0.2) is 41.6 Å². The van der Waals surface area contributed by atoms with Crippen LogP contribution in [0.2, 0.25) is 0 Å². The topological polar surface area (TPSA) is 101 Å². The predicted octanol–water partition coefficient (Wildman–Crippen LogP) is 1.47. The van der Waals surface area contributed by atoms with Gasteiger partial charge in [-0.25, -0.2) is 18.5 Å². The fourth-order valence-electron chi connectivity index (χ4n) is 2.01. The molecule has 1 aromatic carbocycles. The van der Waals surface area contributed by atoms with Crippen LogP contribution in [0.4, 0.5) is 0 Å². The average molecular weight is 294 g/mol. The maximum Gasteiger partial charge on any atom is 0.238 e. The number of aromatic nitrogens is 2. The molecule has 2 atom stereocenters. The molecule has 2 aromatic rings. The van der Waals surface area contributed by atoms with Crippen molar-refractivity contribution < 1.29 is 8.42 Å². The van der Waals surface area contributed by atoms with Gasteiger partial charge in [-0.2, -0.15) is 0 Å². The molecule has 0 aliphatic carbocycles. The highest BCUT2D eigenvalue weighted by atomic mass is 32.2. The lowest BCUT2D eigenvalue weighted by atomic mass is 10.1. The Kier molecular flexibility index (Phi) is 4.22. The van der Waals surface area contributed by atoms with Gasteiger partial charge in [-0.3, -0.25) is 0 Å². The van der Waals surface area contributed by atoms with Crippen molar-refractivity contribution in [1.82, 2.24) is 15.3 Å². The van der Waals surface area contributed by atoms with Gasteiger partial charge in [-0.15, -0.1) is 0 Å². The van der Waals surface area contributed by atoms with Crippen LogP contribution in [-0.4, -0.2) is 18.4 Å².